The minimum Gasteiger partial charge on any atom is -0.657 e. The van der Waals surface area contributed by atoms with E-state index in [0.29, 0.717) is 0 Å². The summed E-state index contributed by atoms with van der Waals surface area (Å²) < 4.78 is 0. The summed E-state index contributed by atoms with van der Waals surface area (Å²) in [6.45, 7) is 25.0. The summed E-state index contributed by atoms with van der Waals surface area (Å²) in [7, 11) is -1.50. The van der Waals surface area contributed by atoms with Crippen LogP contribution in [0.1, 0.15) is 94.9 Å². The molecule has 53 heavy (non-hydrogen) atoms. The molecule has 5 heterocycles. The third-order valence-electron chi connectivity index (χ3n) is 9.88. The zero-order chi connectivity index (χ0) is 37.2. The smallest absolute Gasteiger partial charge is 0.657 e. The van der Waals surface area contributed by atoms with Crippen LogP contribution in [-0.2, 0) is 42.1 Å². The number of aromatic nitrogens is 4. The number of nitrogens with zero attached hydrogens (tertiary/aromatic N) is 4. The topological polar surface area (TPSA) is 54.0 Å². The summed E-state index contributed by atoms with van der Waals surface area (Å²) in [5, 5.41) is 0. The van der Waals surface area contributed by atoms with E-state index in [1.165, 1.54) is 11.1 Å². The second-order valence-electron chi connectivity index (χ2n) is 18.2. The van der Waals surface area contributed by atoms with Crippen molar-refractivity contribution >= 4 is 42.3 Å². The molecule has 0 unspecified atom stereocenters. The van der Waals surface area contributed by atoms with Crippen molar-refractivity contribution in [1.82, 2.24) is 19.9 Å². The van der Waals surface area contributed by atoms with E-state index in [4.69, 9.17) is 19.9 Å². The monoisotopic (exact) mass is 762 g/mol. The first-order valence-corrected chi connectivity index (χ1v) is 21.9. The quantitative estimate of drug-likeness (QED) is 0.130. The second kappa shape index (κ2) is 13.8. The summed E-state index contributed by atoms with van der Waals surface area (Å²) >= 11 is 0. The summed E-state index contributed by atoms with van der Waals surface area (Å²) in [6.07, 6.45) is 5.04. The van der Waals surface area contributed by atoms with E-state index >= 15 is 0 Å². The van der Waals surface area contributed by atoms with E-state index in [-0.39, 0.29) is 35.7 Å². The summed E-state index contributed by atoms with van der Waals surface area (Å²) in [5.41, 5.74) is 18.5. The fourth-order valence-electron chi connectivity index (χ4n) is 6.82. The SMILES string of the molecule is CC(C)(C)c1cc(-c2c3ccc(cc4nc(cc5nc(c(-c6ccc(C#C[Si](C)(C)C)cc6)c6ccc2[n-]6)C=C5)CC4(C)C)[n-]3)cc(C(C)(C)C)c1.[Zn+2]. The van der Waals surface area contributed by atoms with Crippen LogP contribution in [0.4, 0.5) is 0 Å². The fraction of sp³-hybridized carbons (Fsp3) is 0.319. The molecule has 0 saturated carbocycles. The molecule has 2 aliphatic rings. The van der Waals surface area contributed by atoms with Gasteiger partial charge >= 0.3 is 19.5 Å². The predicted molar refractivity (Wildman–Crippen MR) is 223 cm³/mol. The van der Waals surface area contributed by atoms with Crippen molar-refractivity contribution in [2.24, 2.45) is 0 Å². The Balaban J connectivity index is 0.00000481. The molecule has 3 aromatic heterocycles. The molecule has 0 N–H and O–H groups in total. The summed E-state index contributed by atoms with van der Waals surface area (Å²) in [5.74, 6) is 3.41. The van der Waals surface area contributed by atoms with Crippen LogP contribution in [0.3, 0.4) is 0 Å². The zero-order valence-corrected chi connectivity index (χ0v) is 37.3. The number of hydrogen-bond acceptors (Lipinski definition) is 2. The maximum atomic E-state index is 5.44. The Morgan fingerprint density at radius 1 is 0.660 bits per heavy atom. The molecule has 7 rings (SSSR count). The zero-order valence-electron chi connectivity index (χ0n) is 33.4. The first-order chi connectivity index (χ1) is 24.3. The second-order valence-corrected chi connectivity index (χ2v) is 22.9. The average Bonchev–Trinajstić information content (AvgIpc) is 3.85. The molecule has 264 valence electrons. The number of benzene rings is 2. The maximum absolute atomic E-state index is 5.44. The minimum atomic E-state index is -1.50. The van der Waals surface area contributed by atoms with Crippen LogP contribution in [-0.4, -0.2) is 18.0 Å². The van der Waals surface area contributed by atoms with Crippen molar-refractivity contribution in [3.05, 3.63) is 118 Å². The van der Waals surface area contributed by atoms with E-state index in [2.05, 4.69) is 178 Å². The van der Waals surface area contributed by atoms with Gasteiger partial charge in [-0.15, -0.1) is 27.6 Å². The van der Waals surface area contributed by atoms with Crippen molar-refractivity contribution < 1.29 is 19.5 Å². The maximum Gasteiger partial charge on any atom is 2.00 e. The van der Waals surface area contributed by atoms with Gasteiger partial charge in [0.1, 0.15) is 8.07 Å². The van der Waals surface area contributed by atoms with Gasteiger partial charge in [0.15, 0.2) is 0 Å². The molecule has 4 nitrogen and oxygen atoms in total. The van der Waals surface area contributed by atoms with Crippen molar-refractivity contribution in [3.63, 3.8) is 0 Å². The largest absolute Gasteiger partial charge is 2.00 e. The molecule has 6 heteroatoms. The van der Waals surface area contributed by atoms with Crippen LogP contribution in [0.25, 0.3) is 56.5 Å². The molecule has 2 aromatic carbocycles. The molecule has 0 fully saturated rings. The van der Waals surface area contributed by atoms with Gasteiger partial charge in [0.25, 0.3) is 0 Å². The molecule has 0 spiro atoms. The Labute approximate surface area is 329 Å². The van der Waals surface area contributed by atoms with Gasteiger partial charge in [0.2, 0.25) is 0 Å². The van der Waals surface area contributed by atoms with Gasteiger partial charge in [-0.2, -0.15) is 0 Å². The van der Waals surface area contributed by atoms with E-state index in [1.807, 2.05) is 0 Å². The molecule has 8 bridgehead atoms. The van der Waals surface area contributed by atoms with Crippen molar-refractivity contribution in [2.75, 3.05) is 0 Å². The Morgan fingerprint density at radius 3 is 1.89 bits per heavy atom. The van der Waals surface area contributed by atoms with Crippen molar-refractivity contribution in [3.8, 4) is 33.7 Å². The van der Waals surface area contributed by atoms with Gasteiger partial charge < -0.3 is 9.97 Å². The van der Waals surface area contributed by atoms with Crippen LogP contribution < -0.4 is 9.97 Å². The minimum absolute atomic E-state index is 0. The van der Waals surface area contributed by atoms with Gasteiger partial charge in [0, 0.05) is 28.8 Å². The summed E-state index contributed by atoms with van der Waals surface area (Å²) in [4.78, 5) is 21.0. The predicted octanol–water partition coefficient (Wildman–Crippen LogP) is 11.4. The van der Waals surface area contributed by atoms with Crippen LogP contribution in [0.5, 0.6) is 0 Å². The van der Waals surface area contributed by atoms with Crippen LogP contribution >= 0.6 is 0 Å². The fourth-order valence-corrected chi connectivity index (χ4v) is 7.34. The Bertz CT molecular complexity index is 2430. The molecule has 0 saturated heterocycles. The van der Waals surface area contributed by atoms with Gasteiger partial charge in [-0.1, -0.05) is 142 Å². The van der Waals surface area contributed by atoms with Crippen LogP contribution in [0.2, 0.25) is 19.6 Å². The van der Waals surface area contributed by atoms with Gasteiger partial charge in [-0.3, -0.25) is 4.98 Å². The first kappa shape index (κ1) is 38.4. The first-order valence-electron chi connectivity index (χ1n) is 18.4. The van der Waals surface area contributed by atoms with Gasteiger partial charge in [-0.25, -0.2) is 4.98 Å². The molecule has 0 amide bonds. The normalized spacial score (nSPS) is 14.0. The Hall–Kier alpha value is -4.30. The van der Waals surface area contributed by atoms with Crippen molar-refractivity contribution in [2.45, 2.75) is 97.7 Å². The van der Waals surface area contributed by atoms with Crippen molar-refractivity contribution in [1.29, 1.82) is 0 Å². The van der Waals surface area contributed by atoms with E-state index in [1.54, 1.807) is 0 Å². The molecule has 2 aliphatic heterocycles. The van der Waals surface area contributed by atoms with Gasteiger partial charge in [-0.05, 0) is 74.6 Å². The van der Waals surface area contributed by atoms with Crippen LogP contribution in [0.15, 0.2) is 78.9 Å². The Kier molecular flexibility index (Phi) is 10.0. The number of fused-ring (bicyclic) bond motifs is 8. The van der Waals surface area contributed by atoms with E-state index in [0.717, 1.165) is 79.1 Å². The molecular formula is C47H50N4SiZn. The van der Waals surface area contributed by atoms with Crippen LogP contribution in [0, 0.1) is 11.5 Å². The average molecular weight is 764 g/mol. The van der Waals surface area contributed by atoms with E-state index in [9.17, 15) is 0 Å². The van der Waals surface area contributed by atoms with E-state index < -0.39 is 8.07 Å². The third-order valence-corrected chi connectivity index (χ3v) is 10.8. The molecular weight excluding hydrogens is 714 g/mol. The van der Waals surface area contributed by atoms with Gasteiger partial charge in [0.05, 0.1) is 11.4 Å². The summed E-state index contributed by atoms with van der Waals surface area (Å²) in [6, 6.07) is 28.4. The molecule has 0 atom stereocenters. The third kappa shape index (κ3) is 8.28. The Morgan fingerprint density at radius 2 is 1.26 bits per heavy atom. The molecule has 5 aromatic rings. The standard InChI is InChI=1S/C47H50N4Si.Zn/c1-45(2,3)33-24-32(25-34(26-33)46(4,5)6)44-39-19-17-36(49-39)28-42-47(7,8)29-37(50-42)27-35-16-18-38(48-35)43(40-20-21-41(44)51-40)31-14-12-30(13-15-31)22-23-52(9,10)11;/h12-21,24-28H,29H2,1-11H3;/q-2;+2. The number of hydrogen-bond donors (Lipinski definition) is 0. The molecule has 0 radical (unpaired) electrons. The molecule has 0 aliphatic carbocycles. The number of rotatable bonds is 2.